The van der Waals surface area contributed by atoms with Crippen molar-refractivity contribution in [2.45, 2.75) is 45.7 Å². The molecular weight excluding hydrogens is 330 g/mol. The summed E-state index contributed by atoms with van der Waals surface area (Å²) in [5, 5.41) is 3.44. The zero-order chi connectivity index (χ0) is 18.4. The number of H-pyrrole nitrogens is 1. The van der Waals surface area contributed by atoms with Gasteiger partial charge in [-0.05, 0) is 31.7 Å². The van der Waals surface area contributed by atoms with Crippen molar-refractivity contribution in [2.24, 2.45) is 11.8 Å². The summed E-state index contributed by atoms with van der Waals surface area (Å²) in [6.07, 6.45) is 5.67. The maximum Gasteiger partial charge on any atom is 0.250 e. The van der Waals surface area contributed by atoms with E-state index < -0.39 is 0 Å². The van der Waals surface area contributed by atoms with E-state index in [0.29, 0.717) is 17.6 Å². The lowest BCUT2D eigenvalue weighted by Crippen LogP contribution is -2.51. The molecule has 2 aromatic rings. The number of fused-ring (bicyclic) bond motifs is 1. The van der Waals surface area contributed by atoms with Crippen LogP contribution in [0.3, 0.4) is 0 Å². The number of aromatic amines is 1. The standard InChI is InChI=1S/C19H23N5O2/c1-10-6-7-20-19(22-10)23-17-11(2)18(13-4-5-13)24(12(3)25)15-8-16(26)21-9-14(15)17/h6-9,11,13,17-18H,4-5H2,1-3H3,(H,21,26)(H,20,22,23)/t11-,17?,18-/m1/s1. The fourth-order valence-corrected chi connectivity index (χ4v) is 4.13. The molecule has 26 heavy (non-hydrogen) atoms. The average Bonchev–Trinajstić information content (AvgIpc) is 3.41. The molecule has 0 radical (unpaired) electrons. The van der Waals surface area contributed by atoms with Crippen LogP contribution in [-0.4, -0.2) is 26.9 Å². The van der Waals surface area contributed by atoms with Crippen molar-refractivity contribution in [2.75, 3.05) is 10.2 Å². The highest BCUT2D eigenvalue weighted by molar-refractivity contribution is 5.94. The van der Waals surface area contributed by atoms with Gasteiger partial charge in [-0.25, -0.2) is 9.97 Å². The van der Waals surface area contributed by atoms with Crippen LogP contribution < -0.4 is 15.8 Å². The van der Waals surface area contributed by atoms with Crippen molar-refractivity contribution in [3.63, 3.8) is 0 Å². The summed E-state index contributed by atoms with van der Waals surface area (Å²) in [5.41, 5.74) is 2.28. The second kappa shape index (κ2) is 6.23. The molecule has 1 saturated carbocycles. The maximum absolute atomic E-state index is 12.4. The van der Waals surface area contributed by atoms with Crippen LogP contribution in [0.15, 0.2) is 29.3 Å². The number of anilines is 2. The minimum Gasteiger partial charge on any atom is -0.347 e. The Morgan fingerprint density at radius 2 is 2.15 bits per heavy atom. The van der Waals surface area contributed by atoms with E-state index in [2.05, 4.69) is 27.2 Å². The number of carbonyl (C=O) groups excluding carboxylic acids is 1. The monoisotopic (exact) mass is 353 g/mol. The molecule has 2 aromatic heterocycles. The van der Waals surface area contributed by atoms with Crippen molar-refractivity contribution < 1.29 is 4.79 Å². The minimum absolute atomic E-state index is 0.0224. The fraction of sp³-hybridized carbons (Fsp3) is 0.474. The fourth-order valence-electron chi connectivity index (χ4n) is 4.13. The highest BCUT2D eigenvalue weighted by Gasteiger charge is 2.47. The van der Waals surface area contributed by atoms with Crippen molar-refractivity contribution in [3.05, 3.63) is 46.1 Å². The molecule has 3 heterocycles. The van der Waals surface area contributed by atoms with Gasteiger partial charge >= 0.3 is 0 Å². The van der Waals surface area contributed by atoms with E-state index in [9.17, 15) is 9.59 Å². The number of rotatable bonds is 3. The van der Waals surface area contributed by atoms with Crippen LogP contribution in [-0.2, 0) is 4.79 Å². The molecular formula is C19H23N5O2. The van der Waals surface area contributed by atoms with Gasteiger partial charge in [-0.15, -0.1) is 0 Å². The molecule has 7 nitrogen and oxygen atoms in total. The molecule has 0 saturated heterocycles. The summed E-state index contributed by atoms with van der Waals surface area (Å²) < 4.78 is 0. The SMILES string of the molecule is CC(=O)N1c2cc(=O)[nH]cc2C(Nc2nccc(C)n2)[C@@H](C)[C@@H]1C1CC1. The molecule has 1 amide bonds. The number of nitrogens with zero attached hydrogens (tertiary/aromatic N) is 3. The number of nitrogens with one attached hydrogen (secondary N) is 2. The van der Waals surface area contributed by atoms with Crippen molar-refractivity contribution >= 4 is 17.5 Å². The first-order valence-electron chi connectivity index (χ1n) is 9.04. The summed E-state index contributed by atoms with van der Waals surface area (Å²) in [6, 6.07) is 3.38. The van der Waals surface area contributed by atoms with E-state index in [-0.39, 0.29) is 29.5 Å². The first-order valence-corrected chi connectivity index (χ1v) is 9.04. The molecule has 0 aromatic carbocycles. The predicted octanol–water partition coefficient (Wildman–Crippen LogP) is 2.41. The van der Waals surface area contributed by atoms with E-state index in [4.69, 9.17) is 0 Å². The lowest BCUT2D eigenvalue weighted by atomic mass is 9.80. The Hall–Kier alpha value is -2.70. The van der Waals surface area contributed by atoms with E-state index in [0.717, 1.165) is 24.1 Å². The Bertz CT molecular complexity index is 905. The van der Waals surface area contributed by atoms with Gasteiger partial charge < -0.3 is 15.2 Å². The van der Waals surface area contributed by atoms with E-state index in [1.807, 2.05) is 17.9 Å². The second-order valence-electron chi connectivity index (χ2n) is 7.36. The number of amides is 1. The highest BCUT2D eigenvalue weighted by Crippen LogP contribution is 2.49. The van der Waals surface area contributed by atoms with Gasteiger partial charge in [-0.3, -0.25) is 9.59 Å². The van der Waals surface area contributed by atoms with Gasteiger partial charge in [-0.1, -0.05) is 6.92 Å². The summed E-state index contributed by atoms with van der Waals surface area (Å²) in [7, 11) is 0. The highest BCUT2D eigenvalue weighted by atomic mass is 16.2. The van der Waals surface area contributed by atoms with Gasteiger partial charge in [0.1, 0.15) is 0 Å². The summed E-state index contributed by atoms with van der Waals surface area (Å²) >= 11 is 0. The number of hydrogen-bond donors (Lipinski definition) is 2. The third kappa shape index (κ3) is 2.87. The zero-order valence-corrected chi connectivity index (χ0v) is 15.2. The van der Waals surface area contributed by atoms with Gasteiger partial charge in [0.2, 0.25) is 17.4 Å². The number of hydrogen-bond acceptors (Lipinski definition) is 5. The maximum atomic E-state index is 12.4. The van der Waals surface area contributed by atoms with Gasteiger partial charge in [0.15, 0.2) is 0 Å². The lowest BCUT2D eigenvalue weighted by molar-refractivity contribution is -0.117. The van der Waals surface area contributed by atoms with Gasteiger partial charge in [-0.2, -0.15) is 0 Å². The average molecular weight is 353 g/mol. The largest absolute Gasteiger partial charge is 0.347 e. The molecule has 2 aliphatic rings. The third-order valence-corrected chi connectivity index (χ3v) is 5.41. The number of aromatic nitrogens is 3. The molecule has 1 aliphatic heterocycles. The molecule has 1 unspecified atom stereocenters. The van der Waals surface area contributed by atoms with Gasteiger partial charge in [0, 0.05) is 48.6 Å². The summed E-state index contributed by atoms with van der Waals surface area (Å²) in [5.74, 6) is 1.17. The van der Waals surface area contributed by atoms with Crippen molar-refractivity contribution in [1.29, 1.82) is 0 Å². The van der Waals surface area contributed by atoms with Crippen LogP contribution in [0.1, 0.15) is 44.0 Å². The van der Waals surface area contributed by atoms with Crippen LogP contribution in [0, 0.1) is 18.8 Å². The van der Waals surface area contributed by atoms with Crippen molar-refractivity contribution in [1.82, 2.24) is 15.0 Å². The minimum atomic E-state index is -0.204. The molecule has 1 fully saturated rings. The van der Waals surface area contributed by atoms with E-state index >= 15 is 0 Å². The molecule has 1 aliphatic carbocycles. The van der Waals surface area contributed by atoms with Crippen molar-refractivity contribution in [3.8, 4) is 0 Å². The molecule has 0 bridgehead atoms. The number of aryl methyl sites for hydroxylation is 1. The van der Waals surface area contributed by atoms with Crippen LogP contribution in [0.25, 0.3) is 0 Å². The van der Waals surface area contributed by atoms with Gasteiger partial charge in [0.05, 0.1) is 11.7 Å². The second-order valence-corrected chi connectivity index (χ2v) is 7.36. The quantitative estimate of drug-likeness (QED) is 0.884. The zero-order valence-electron chi connectivity index (χ0n) is 15.2. The first-order chi connectivity index (χ1) is 12.5. The van der Waals surface area contributed by atoms with Crippen LogP contribution in [0.4, 0.5) is 11.6 Å². The molecule has 2 N–H and O–H groups in total. The Labute approximate surface area is 151 Å². The molecule has 7 heteroatoms. The summed E-state index contributed by atoms with van der Waals surface area (Å²) in [6.45, 7) is 5.65. The first kappa shape index (κ1) is 16.8. The third-order valence-electron chi connectivity index (χ3n) is 5.41. The molecule has 4 rings (SSSR count). The number of pyridine rings is 1. The topological polar surface area (TPSA) is 91.0 Å². The van der Waals surface area contributed by atoms with Crippen LogP contribution in [0.2, 0.25) is 0 Å². The molecule has 136 valence electrons. The predicted molar refractivity (Wildman–Crippen MR) is 99.0 cm³/mol. The smallest absolute Gasteiger partial charge is 0.250 e. The van der Waals surface area contributed by atoms with Gasteiger partial charge in [0.25, 0.3) is 0 Å². The Morgan fingerprint density at radius 3 is 2.81 bits per heavy atom. The summed E-state index contributed by atoms with van der Waals surface area (Å²) in [4.78, 5) is 37.7. The Morgan fingerprint density at radius 1 is 1.38 bits per heavy atom. The van der Waals surface area contributed by atoms with E-state index in [1.54, 1.807) is 19.3 Å². The number of carbonyl (C=O) groups is 1. The van der Waals surface area contributed by atoms with Crippen LogP contribution >= 0.6 is 0 Å². The molecule has 3 atom stereocenters. The molecule has 0 spiro atoms. The lowest BCUT2D eigenvalue weighted by Gasteiger charge is -2.45. The van der Waals surface area contributed by atoms with E-state index in [1.165, 1.54) is 6.07 Å². The normalized spacial score (nSPS) is 24.9. The van der Waals surface area contributed by atoms with Crippen LogP contribution in [0.5, 0.6) is 0 Å². The Balaban J connectivity index is 1.81. The Kier molecular flexibility index (Phi) is 4.01.